The number of unbranched alkanes of at least 4 members (excludes halogenated alkanes) is 1. The minimum absolute atomic E-state index is 0.0222. The maximum Gasteiger partial charge on any atom is 0.254 e. The molecule has 7 heteroatoms. The number of nitrogens with one attached hydrogen (secondary N) is 1. The molecule has 0 aliphatic heterocycles. The van der Waals surface area contributed by atoms with E-state index in [-0.39, 0.29) is 24.3 Å². The Morgan fingerprint density at radius 2 is 1.74 bits per heavy atom. The van der Waals surface area contributed by atoms with Crippen molar-refractivity contribution in [2.24, 2.45) is 0 Å². The Bertz CT molecular complexity index is 1090. The highest BCUT2D eigenvalue weighted by atomic mass is 32.1. The van der Waals surface area contributed by atoms with Gasteiger partial charge in [-0.3, -0.25) is 9.59 Å². The van der Waals surface area contributed by atoms with E-state index in [0.29, 0.717) is 17.2 Å². The van der Waals surface area contributed by atoms with Crippen molar-refractivity contribution in [1.82, 2.24) is 15.1 Å². The Hall–Kier alpha value is -3.06. The molecule has 0 saturated heterocycles. The third kappa shape index (κ3) is 6.98. The van der Waals surface area contributed by atoms with E-state index in [2.05, 4.69) is 34.6 Å². The molecule has 0 unspecified atom stereocenters. The average molecular weight is 491 g/mol. The summed E-state index contributed by atoms with van der Waals surface area (Å²) in [5.74, 6) is -0.127. The molecule has 184 valence electrons. The van der Waals surface area contributed by atoms with Crippen LogP contribution >= 0.6 is 11.3 Å². The molecule has 2 amide bonds. The molecule has 1 fully saturated rings. The van der Waals surface area contributed by atoms with E-state index in [0.717, 1.165) is 55.5 Å². The highest BCUT2D eigenvalue weighted by molar-refractivity contribution is 7.18. The van der Waals surface area contributed by atoms with Crippen molar-refractivity contribution in [1.29, 1.82) is 0 Å². The molecule has 35 heavy (non-hydrogen) atoms. The van der Waals surface area contributed by atoms with Gasteiger partial charge >= 0.3 is 0 Å². The van der Waals surface area contributed by atoms with Gasteiger partial charge in [0.2, 0.25) is 11.0 Å². The van der Waals surface area contributed by atoms with Crippen LogP contribution in [0.15, 0.2) is 54.6 Å². The van der Waals surface area contributed by atoms with Gasteiger partial charge in [0.05, 0.1) is 0 Å². The second-order valence-corrected chi connectivity index (χ2v) is 10.1. The molecule has 2 aromatic carbocycles. The number of carbonyl (C=O) groups is 2. The summed E-state index contributed by atoms with van der Waals surface area (Å²) in [6.45, 7) is 2.58. The summed E-state index contributed by atoms with van der Waals surface area (Å²) in [6.07, 6.45) is 9.05. The Morgan fingerprint density at radius 1 is 1.00 bits per heavy atom. The van der Waals surface area contributed by atoms with Crippen molar-refractivity contribution in [2.75, 3.05) is 11.9 Å². The lowest BCUT2D eigenvalue weighted by atomic mass is 9.93. The summed E-state index contributed by atoms with van der Waals surface area (Å²) >= 11 is 1.35. The van der Waals surface area contributed by atoms with Crippen molar-refractivity contribution in [3.8, 4) is 10.6 Å². The normalized spacial score (nSPS) is 14.0. The van der Waals surface area contributed by atoms with Gasteiger partial charge in [0.25, 0.3) is 5.91 Å². The van der Waals surface area contributed by atoms with Gasteiger partial charge in [0.1, 0.15) is 5.01 Å². The lowest BCUT2D eigenvalue weighted by molar-refractivity contribution is -0.116. The molecular formula is C28H34N4O2S. The van der Waals surface area contributed by atoms with Gasteiger partial charge in [0, 0.05) is 30.1 Å². The molecule has 0 bridgehead atoms. The molecule has 1 heterocycles. The first-order valence-corrected chi connectivity index (χ1v) is 13.5. The molecule has 1 aliphatic rings. The molecule has 6 nitrogen and oxygen atoms in total. The predicted molar refractivity (Wildman–Crippen MR) is 142 cm³/mol. The monoisotopic (exact) mass is 490 g/mol. The molecule has 1 saturated carbocycles. The Morgan fingerprint density at radius 3 is 2.46 bits per heavy atom. The van der Waals surface area contributed by atoms with E-state index in [1.807, 2.05) is 47.4 Å². The van der Waals surface area contributed by atoms with Gasteiger partial charge in [-0.2, -0.15) is 0 Å². The second-order valence-electron chi connectivity index (χ2n) is 9.17. The second kappa shape index (κ2) is 12.6. The van der Waals surface area contributed by atoms with Gasteiger partial charge in [-0.05, 0) is 43.4 Å². The number of benzene rings is 2. The van der Waals surface area contributed by atoms with Crippen LogP contribution in [0.4, 0.5) is 5.13 Å². The minimum Gasteiger partial charge on any atom is -0.335 e. The first-order valence-electron chi connectivity index (χ1n) is 12.7. The number of anilines is 1. The molecule has 4 rings (SSSR count). The van der Waals surface area contributed by atoms with E-state index >= 15 is 0 Å². The lowest BCUT2D eigenvalue weighted by Gasteiger charge is -2.34. The van der Waals surface area contributed by atoms with Crippen molar-refractivity contribution in [2.45, 2.75) is 70.8 Å². The zero-order valence-corrected chi connectivity index (χ0v) is 21.2. The standard InChI is InChI=1S/C28H34N4O2S/c1-2-3-10-21-15-17-23(18-16-21)27(34)32(24-13-8-5-9-14-24)20-19-25(33)29-28-31-30-26(35-28)22-11-6-4-7-12-22/h4,6-7,11-12,15-18,24H,2-3,5,8-10,13-14,19-20H2,1H3,(H,29,31,33). The summed E-state index contributed by atoms with van der Waals surface area (Å²) in [6, 6.07) is 18.0. The van der Waals surface area contributed by atoms with Crippen LogP contribution in [0.2, 0.25) is 0 Å². The number of amides is 2. The van der Waals surface area contributed by atoms with Crippen LogP contribution in [0.3, 0.4) is 0 Å². The molecular weight excluding hydrogens is 456 g/mol. The molecule has 1 N–H and O–H groups in total. The first-order chi connectivity index (χ1) is 17.1. The van der Waals surface area contributed by atoms with Gasteiger partial charge in [-0.1, -0.05) is 86.4 Å². The zero-order chi connectivity index (χ0) is 24.5. The average Bonchev–Trinajstić information content (AvgIpc) is 3.37. The fourth-order valence-electron chi connectivity index (χ4n) is 4.58. The van der Waals surface area contributed by atoms with Crippen molar-refractivity contribution < 1.29 is 9.59 Å². The highest BCUT2D eigenvalue weighted by Crippen LogP contribution is 2.27. The minimum atomic E-state index is -0.149. The summed E-state index contributed by atoms with van der Waals surface area (Å²) in [5.41, 5.74) is 2.94. The number of aryl methyl sites for hydroxylation is 1. The van der Waals surface area contributed by atoms with Crippen molar-refractivity contribution in [3.63, 3.8) is 0 Å². The van der Waals surface area contributed by atoms with Gasteiger partial charge < -0.3 is 10.2 Å². The van der Waals surface area contributed by atoms with Gasteiger partial charge in [0.15, 0.2) is 0 Å². The molecule has 1 aromatic heterocycles. The van der Waals surface area contributed by atoms with Crippen molar-refractivity contribution >= 4 is 28.3 Å². The fourth-order valence-corrected chi connectivity index (χ4v) is 5.34. The summed E-state index contributed by atoms with van der Waals surface area (Å²) in [5, 5.41) is 12.4. The van der Waals surface area contributed by atoms with Crippen LogP contribution in [0.5, 0.6) is 0 Å². The maximum absolute atomic E-state index is 13.5. The summed E-state index contributed by atoms with van der Waals surface area (Å²) < 4.78 is 0. The van der Waals surface area contributed by atoms with Crippen LogP contribution in [0.25, 0.3) is 10.6 Å². The van der Waals surface area contributed by atoms with E-state index in [9.17, 15) is 9.59 Å². The zero-order valence-electron chi connectivity index (χ0n) is 20.4. The topological polar surface area (TPSA) is 75.2 Å². The molecule has 0 radical (unpaired) electrons. The smallest absolute Gasteiger partial charge is 0.254 e. The van der Waals surface area contributed by atoms with Crippen LogP contribution in [-0.4, -0.2) is 39.5 Å². The molecule has 0 atom stereocenters. The van der Waals surface area contributed by atoms with E-state index < -0.39 is 0 Å². The van der Waals surface area contributed by atoms with Crippen LogP contribution in [0.1, 0.15) is 74.2 Å². The SMILES string of the molecule is CCCCc1ccc(C(=O)N(CCC(=O)Nc2nnc(-c3ccccc3)s2)C2CCCCC2)cc1. The van der Waals surface area contributed by atoms with Crippen molar-refractivity contribution in [3.05, 3.63) is 65.7 Å². The Balaban J connectivity index is 1.39. The Labute approximate surface area is 211 Å². The summed E-state index contributed by atoms with van der Waals surface area (Å²) in [4.78, 5) is 28.1. The number of nitrogens with zero attached hydrogens (tertiary/aromatic N) is 3. The number of hydrogen-bond acceptors (Lipinski definition) is 5. The molecule has 3 aromatic rings. The van der Waals surface area contributed by atoms with E-state index in [1.54, 1.807) is 0 Å². The maximum atomic E-state index is 13.5. The van der Waals surface area contributed by atoms with Crippen LogP contribution in [0, 0.1) is 0 Å². The lowest BCUT2D eigenvalue weighted by Crippen LogP contribution is -2.43. The Kier molecular flexibility index (Phi) is 9.01. The van der Waals surface area contributed by atoms with Gasteiger partial charge in [-0.15, -0.1) is 10.2 Å². The van der Waals surface area contributed by atoms with Crippen LogP contribution in [-0.2, 0) is 11.2 Å². The summed E-state index contributed by atoms with van der Waals surface area (Å²) in [7, 11) is 0. The third-order valence-electron chi connectivity index (χ3n) is 6.57. The highest BCUT2D eigenvalue weighted by Gasteiger charge is 2.27. The fraction of sp³-hybridized carbons (Fsp3) is 0.429. The quantitative estimate of drug-likeness (QED) is 0.359. The number of aromatic nitrogens is 2. The molecule has 0 spiro atoms. The predicted octanol–water partition coefficient (Wildman–Crippen LogP) is 6.35. The van der Waals surface area contributed by atoms with E-state index in [1.165, 1.54) is 23.3 Å². The molecule has 1 aliphatic carbocycles. The third-order valence-corrected chi connectivity index (χ3v) is 7.46. The number of carbonyl (C=O) groups excluding carboxylic acids is 2. The number of rotatable bonds is 10. The number of hydrogen-bond donors (Lipinski definition) is 1. The van der Waals surface area contributed by atoms with E-state index in [4.69, 9.17) is 0 Å². The first kappa shape index (κ1) is 25.0. The van der Waals surface area contributed by atoms with Crippen LogP contribution < -0.4 is 5.32 Å². The van der Waals surface area contributed by atoms with Gasteiger partial charge in [-0.25, -0.2) is 0 Å². The largest absolute Gasteiger partial charge is 0.335 e.